The van der Waals surface area contributed by atoms with E-state index in [-0.39, 0.29) is 24.1 Å². The Hall–Kier alpha value is -2.82. The number of furan rings is 1. The molecule has 4 aromatic rings. The Labute approximate surface area is 161 Å². The Morgan fingerprint density at radius 3 is 2.62 bits per heavy atom. The molecule has 6 heteroatoms. The van der Waals surface area contributed by atoms with E-state index in [4.69, 9.17) is 16.0 Å². The minimum Gasteiger partial charge on any atom is -0.451 e. The van der Waals surface area contributed by atoms with Crippen molar-refractivity contribution in [3.8, 4) is 11.3 Å². The van der Waals surface area contributed by atoms with Crippen LogP contribution in [0.15, 0.2) is 77.3 Å². The first-order chi connectivity index (χ1) is 12.2. The van der Waals surface area contributed by atoms with Gasteiger partial charge < -0.3 is 9.73 Å². The van der Waals surface area contributed by atoms with Crippen molar-refractivity contribution in [2.24, 2.45) is 0 Å². The summed E-state index contributed by atoms with van der Waals surface area (Å²) in [5.74, 6) is 0.559. The standard InChI is InChI=1S/C20H13ClN2O2.ClH/c21-15-5-3-13(4-6-15)18-9-10-19(25-18)20(24)23-16-7-8-17-14(12-16)2-1-11-22-17;/h1-12H,(H,23,24);1H. The molecule has 0 radical (unpaired) electrons. The van der Waals surface area contributed by atoms with E-state index in [1.54, 1.807) is 30.5 Å². The molecule has 1 N–H and O–H groups in total. The van der Waals surface area contributed by atoms with Crippen LogP contribution in [0.4, 0.5) is 5.69 Å². The van der Waals surface area contributed by atoms with Crippen LogP contribution in [0.5, 0.6) is 0 Å². The molecule has 0 unspecified atom stereocenters. The highest BCUT2D eigenvalue weighted by Crippen LogP contribution is 2.24. The SMILES string of the molecule is Cl.O=C(Nc1ccc2ncccc2c1)c1ccc(-c2ccc(Cl)cc2)o1. The van der Waals surface area contributed by atoms with Gasteiger partial charge in [0.25, 0.3) is 5.91 Å². The number of pyridine rings is 1. The summed E-state index contributed by atoms with van der Waals surface area (Å²) in [7, 11) is 0. The highest BCUT2D eigenvalue weighted by molar-refractivity contribution is 6.30. The summed E-state index contributed by atoms with van der Waals surface area (Å²) in [5.41, 5.74) is 2.43. The van der Waals surface area contributed by atoms with Crippen molar-refractivity contribution in [1.82, 2.24) is 4.98 Å². The molecule has 0 aliphatic heterocycles. The maximum Gasteiger partial charge on any atom is 0.291 e. The van der Waals surface area contributed by atoms with E-state index in [0.29, 0.717) is 16.5 Å². The second kappa shape index (κ2) is 7.60. The molecule has 4 nitrogen and oxygen atoms in total. The zero-order valence-corrected chi connectivity index (χ0v) is 15.1. The van der Waals surface area contributed by atoms with Gasteiger partial charge in [0.1, 0.15) is 5.76 Å². The lowest BCUT2D eigenvalue weighted by atomic mass is 10.2. The van der Waals surface area contributed by atoms with Gasteiger partial charge in [-0.3, -0.25) is 9.78 Å². The van der Waals surface area contributed by atoms with Gasteiger partial charge in [-0.05, 0) is 60.7 Å². The van der Waals surface area contributed by atoms with Crippen LogP contribution in [0.2, 0.25) is 5.02 Å². The first-order valence-corrected chi connectivity index (χ1v) is 8.09. The summed E-state index contributed by atoms with van der Waals surface area (Å²) in [6.07, 6.45) is 1.74. The Morgan fingerprint density at radius 1 is 1.00 bits per heavy atom. The van der Waals surface area contributed by atoms with Crippen LogP contribution in [0, 0.1) is 0 Å². The van der Waals surface area contributed by atoms with Crippen LogP contribution >= 0.6 is 24.0 Å². The number of amides is 1. The Morgan fingerprint density at radius 2 is 1.81 bits per heavy atom. The average Bonchev–Trinajstić information content (AvgIpc) is 3.12. The number of hydrogen-bond donors (Lipinski definition) is 1. The molecule has 2 heterocycles. The van der Waals surface area contributed by atoms with Crippen molar-refractivity contribution < 1.29 is 9.21 Å². The number of hydrogen-bond acceptors (Lipinski definition) is 3. The molecule has 26 heavy (non-hydrogen) atoms. The van der Waals surface area contributed by atoms with Crippen molar-refractivity contribution in [1.29, 1.82) is 0 Å². The average molecular weight is 385 g/mol. The Balaban J connectivity index is 0.00000196. The molecule has 0 fully saturated rings. The predicted octanol–water partition coefficient (Wildman–Crippen LogP) is 5.82. The summed E-state index contributed by atoms with van der Waals surface area (Å²) < 4.78 is 5.66. The molecule has 2 aromatic carbocycles. The minimum absolute atomic E-state index is 0. The van der Waals surface area contributed by atoms with Gasteiger partial charge in [0.15, 0.2) is 5.76 Å². The lowest BCUT2D eigenvalue weighted by Crippen LogP contribution is -2.10. The van der Waals surface area contributed by atoms with Gasteiger partial charge in [-0.2, -0.15) is 0 Å². The van der Waals surface area contributed by atoms with Crippen molar-refractivity contribution in [2.45, 2.75) is 0 Å². The molecule has 0 spiro atoms. The number of aromatic nitrogens is 1. The predicted molar refractivity (Wildman–Crippen MR) is 106 cm³/mol. The van der Waals surface area contributed by atoms with Gasteiger partial charge in [-0.25, -0.2) is 0 Å². The zero-order valence-electron chi connectivity index (χ0n) is 13.5. The van der Waals surface area contributed by atoms with Gasteiger partial charge in [-0.15, -0.1) is 12.4 Å². The molecular weight excluding hydrogens is 371 g/mol. The highest BCUT2D eigenvalue weighted by atomic mass is 35.5. The molecular formula is C20H14Cl2N2O2. The largest absolute Gasteiger partial charge is 0.451 e. The topological polar surface area (TPSA) is 55.1 Å². The van der Waals surface area contributed by atoms with Gasteiger partial charge in [-0.1, -0.05) is 17.7 Å². The van der Waals surface area contributed by atoms with Crippen LogP contribution in [0.1, 0.15) is 10.6 Å². The summed E-state index contributed by atoms with van der Waals surface area (Å²) in [6.45, 7) is 0. The van der Waals surface area contributed by atoms with Gasteiger partial charge in [0.05, 0.1) is 5.52 Å². The fraction of sp³-hybridized carbons (Fsp3) is 0. The van der Waals surface area contributed by atoms with E-state index in [9.17, 15) is 4.79 Å². The second-order valence-electron chi connectivity index (χ2n) is 5.54. The third-order valence-electron chi connectivity index (χ3n) is 3.82. The Bertz CT molecular complexity index is 1060. The molecule has 0 aliphatic rings. The number of benzene rings is 2. The quantitative estimate of drug-likeness (QED) is 0.483. The third kappa shape index (κ3) is 3.72. The molecule has 4 rings (SSSR count). The van der Waals surface area contributed by atoms with Crippen LogP contribution in [-0.4, -0.2) is 10.9 Å². The lowest BCUT2D eigenvalue weighted by molar-refractivity contribution is 0.0997. The molecule has 0 aliphatic carbocycles. The van der Waals surface area contributed by atoms with Crippen molar-refractivity contribution in [2.75, 3.05) is 5.32 Å². The first-order valence-electron chi connectivity index (χ1n) is 7.71. The molecule has 2 aromatic heterocycles. The normalized spacial score (nSPS) is 10.3. The maximum atomic E-state index is 12.4. The number of anilines is 1. The smallest absolute Gasteiger partial charge is 0.291 e. The summed E-state index contributed by atoms with van der Waals surface area (Å²) in [4.78, 5) is 16.7. The summed E-state index contributed by atoms with van der Waals surface area (Å²) in [6, 6.07) is 20.0. The first kappa shape index (κ1) is 18.0. The molecule has 0 saturated carbocycles. The summed E-state index contributed by atoms with van der Waals surface area (Å²) in [5, 5.41) is 4.45. The third-order valence-corrected chi connectivity index (χ3v) is 4.07. The molecule has 1 amide bonds. The minimum atomic E-state index is -0.302. The Kier molecular flexibility index (Phi) is 5.26. The number of carbonyl (C=O) groups excluding carboxylic acids is 1. The number of nitrogens with one attached hydrogen (secondary N) is 1. The molecule has 0 bridgehead atoms. The van der Waals surface area contributed by atoms with Crippen molar-refractivity contribution in [3.63, 3.8) is 0 Å². The lowest BCUT2D eigenvalue weighted by Gasteiger charge is -2.04. The zero-order chi connectivity index (χ0) is 17.2. The number of nitrogens with zero attached hydrogens (tertiary/aromatic N) is 1. The molecule has 0 saturated heterocycles. The monoisotopic (exact) mass is 384 g/mol. The van der Waals surface area contributed by atoms with Gasteiger partial charge in [0, 0.05) is 27.9 Å². The number of carbonyl (C=O) groups is 1. The van der Waals surface area contributed by atoms with Crippen LogP contribution < -0.4 is 5.32 Å². The van der Waals surface area contributed by atoms with Crippen LogP contribution in [0.25, 0.3) is 22.2 Å². The number of halogens is 2. The maximum absolute atomic E-state index is 12.4. The fourth-order valence-corrected chi connectivity index (χ4v) is 2.70. The fourth-order valence-electron chi connectivity index (χ4n) is 2.58. The van der Waals surface area contributed by atoms with Crippen molar-refractivity contribution >= 4 is 46.5 Å². The van der Waals surface area contributed by atoms with E-state index in [1.165, 1.54) is 0 Å². The van der Waals surface area contributed by atoms with E-state index in [2.05, 4.69) is 10.3 Å². The molecule has 0 atom stereocenters. The van der Waals surface area contributed by atoms with E-state index in [1.807, 2.05) is 42.5 Å². The number of rotatable bonds is 3. The van der Waals surface area contributed by atoms with E-state index < -0.39 is 0 Å². The summed E-state index contributed by atoms with van der Waals surface area (Å²) >= 11 is 5.89. The van der Waals surface area contributed by atoms with E-state index >= 15 is 0 Å². The van der Waals surface area contributed by atoms with Crippen LogP contribution in [-0.2, 0) is 0 Å². The molecule has 130 valence electrons. The second-order valence-corrected chi connectivity index (χ2v) is 5.97. The van der Waals surface area contributed by atoms with Gasteiger partial charge in [0.2, 0.25) is 0 Å². The number of fused-ring (bicyclic) bond motifs is 1. The van der Waals surface area contributed by atoms with E-state index in [0.717, 1.165) is 16.5 Å². The van der Waals surface area contributed by atoms with Crippen molar-refractivity contribution in [3.05, 3.63) is 83.7 Å². The highest BCUT2D eigenvalue weighted by Gasteiger charge is 2.13. The van der Waals surface area contributed by atoms with Crippen LogP contribution in [0.3, 0.4) is 0 Å². The van der Waals surface area contributed by atoms with Gasteiger partial charge >= 0.3 is 0 Å².